The number of carboxylic acid groups (broad SMARTS) is 1. The van der Waals surface area contributed by atoms with Crippen LogP contribution < -0.4 is 4.90 Å². The molecular formula is C18H20N4O3. The van der Waals surface area contributed by atoms with Crippen LogP contribution >= 0.6 is 0 Å². The summed E-state index contributed by atoms with van der Waals surface area (Å²) in [5.41, 5.74) is 3.72. The quantitative estimate of drug-likeness (QED) is 0.916. The number of nitrogens with zero attached hydrogens (tertiary/aromatic N) is 4. The Morgan fingerprint density at radius 3 is 2.24 bits per heavy atom. The van der Waals surface area contributed by atoms with Gasteiger partial charge < -0.3 is 14.9 Å². The van der Waals surface area contributed by atoms with Crippen LogP contribution in [0.15, 0.2) is 30.6 Å². The van der Waals surface area contributed by atoms with Gasteiger partial charge in [0.25, 0.3) is 5.91 Å². The molecule has 1 aromatic heterocycles. The molecule has 0 aliphatic carbocycles. The van der Waals surface area contributed by atoms with Gasteiger partial charge >= 0.3 is 5.97 Å². The summed E-state index contributed by atoms with van der Waals surface area (Å²) in [5.74, 6) is -1.38. The van der Waals surface area contributed by atoms with E-state index < -0.39 is 5.97 Å². The lowest BCUT2D eigenvalue weighted by atomic mass is 10.1. The zero-order chi connectivity index (χ0) is 18.0. The molecule has 7 nitrogen and oxygen atoms in total. The van der Waals surface area contributed by atoms with Crippen molar-refractivity contribution in [3.8, 4) is 0 Å². The number of rotatable bonds is 3. The minimum Gasteiger partial charge on any atom is -0.476 e. The van der Waals surface area contributed by atoms with Crippen LogP contribution in [0.3, 0.4) is 0 Å². The highest BCUT2D eigenvalue weighted by Gasteiger charge is 2.24. The third-order valence-corrected chi connectivity index (χ3v) is 4.57. The van der Waals surface area contributed by atoms with Crippen molar-refractivity contribution in [3.05, 3.63) is 53.1 Å². The van der Waals surface area contributed by atoms with Crippen molar-refractivity contribution in [2.24, 2.45) is 0 Å². The molecule has 0 bridgehead atoms. The summed E-state index contributed by atoms with van der Waals surface area (Å²) in [6.07, 6.45) is 2.34. The molecule has 0 saturated carbocycles. The summed E-state index contributed by atoms with van der Waals surface area (Å²) >= 11 is 0. The molecule has 1 aromatic carbocycles. The van der Waals surface area contributed by atoms with Crippen LogP contribution in [0, 0.1) is 13.8 Å². The SMILES string of the molecule is Cc1cccc(N2CCN(C(=O)c3cnc(C(=O)O)cn3)CC2)c1C. The topological polar surface area (TPSA) is 86.6 Å². The molecular weight excluding hydrogens is 320 g/mol. The molecule has 25 heavy (non-hydrogen) atoms. The lowest BCUT2D eigenvalue weighted by Crippen LogP contribution is -2.49. The summed E-state index contributed by atoms with van der Waals surface area (Å²) < 4.78 is 0. The maximum absolute atomic E-state index is 12.5. The number of piperazine rings is 1. The van der Waals surface area contributed by atoms with Gasteiger partial charge in [-0.05, 0) is 31.0 Å². The van der Waals surface area contributed by atoms with E-state index in [4.69, 9.17) is 5.11 Å². The maximum atomic E-state index is 12.5. The Kier molecular flexibility index (Phi) is 4.65. The van der Waals surface area contributed by atoms with Crippen LogP contribution in [0.2, 0.25) is 0 Å². The Labute approximate surface area is 145 Å². The summed E-state index contributed by atoms with van der Waals surface area (Å²) in [6, 6.07) is 6.25. The van der Waals surface area contributed by atoms with Gasteiger partial charge in [-0.3, -0.25) is 4.79 Å². The third kappa shape index (κ3) is 3.45. The number of amides is 1. The fraction of sp³-hybridized carbons (Fsp3) is 0.333. The van der Waals surface area contributed by atoms with E-state index in [2.05, 4.69) is 46.9 Å². The molecule has 1 aliphatic heterocycles. The van der Waals surface area contributed by atoms with E-state index in [1.54, 1.807) is 4.90 Å². The van der Waals surface area contributed by atoms with Gasteiger partial charge in [0.05, 0.1) is 12.4 Å². The predicted octanol–water partition coefficient (Wildman–Crippen LogP) is 1.75. The number of aromatic nitrogens is 2. The summed E-state index contributed by atoms with van der Waals surface area (Å²) in [4.78, 5) is 35.0. The van der Waals surface area contributed by atoms with Crippen molar-refractivity contribution >= 4 is 17.6 Å². The summed E-state index contributed by atoms with van der Waals surface area (Å²) in [6.45, 7) is 6.89. The van der Waals surface area contributed by atoms with E-state index in [9.17, 15) is 9.59 Å². The first-order valence-electron chi connectivity index (χ1n) is 8.13. The van der Waals surface area contributed by atoms with E-state index in [0.717, 1.165) is 19.3 Å². The smallest absolute Gasteiger partial charge is 0.356 e. The molecule has 0 spiro atoms. The van der Waals surface area contributed by atoms with E-state index in [1.807, 2.05) is 0 Å². The van der Waals surface area contributed by atoms with Gasteiger partial charge in [0, 0.05) is 31.9 Å². The van der Waals surface area contributed by atoms with Crippen LogP contribution in [-0.2, 0) is 0 Å². The molecule has 7 heteroatoms. The Morgan fingerprint density at radius 1 is 1.00 bits per heavy atom. The Bertz CT molecular complexity index is 796. The number of hydrogen-bond acceptors (Lipinski definition) is 5. The zero-order valence-electron chi connectivity index (χ0n) is 14.3. The second-order valence-corrected chi connectivity index (χ2v) is 6.09. The number of hydrogen-bond donors (Lipinski definition) is 1. The number of carbonyl (C=O) groups excluding carboxylic acids is 1. The molecule has 0 unspecified atom stereocenters. The zero-order valence-corrected chi connectivity index (χ0v) is 14.3. The maximum Gasteiger partial charge on any atom is 0.356 e. The fourth-order valence-corrected chi connectivity index (χ4v) is 2.94. The van der Waals surface area contributed by atoms with Gasteiger partial charge in [-0.25, -0.2) is 14.8 Å². The van der Waals surface area contributed by atoms with Gasteiger partial charge in [-0.2, -0.15) is 0 Å². The fourth-order valence-electron chi connectivity index (χ4n) is 2.94. The van der Waals surface area contributed by atoms with Gasteiger partial charge in [-0.1, -0.05) is 12.1 Å². The average molecular weight is 340 g/mol. The molecule has 1 saturated heterocycles. The molecule has 2 aromatic rings. The number of aryl methyl sites for hydroxylation is 1. The number of benzene rings is 1. The second kappa shape index (κ2) is 6.88. The average Bonchev–Trinajstić information content (AvgIpc) is 2.64. The van der Waals surface area contributed by atoms with Crippen molar-refractivity contribution in [1.29, 1.82) is 0 Å². The lowest BCUT2D eigenvalue weighted by molar-refractivity contribution is 0.0684. The second-order valence-electron chi connectivity index (χ2n) is 6.09. The Morgan fingerprint density at radius 2 is 1.64 bits per heavy atom. The van der Waals surface area contributed by atoms with Gasteiger partial charge in [-0.15, -0.1) is 0 Å². The van der Waals surface area contributed by atoms with Crippen molar-refractivity contribution in [2.45, 2.75) is 13.8 Å². The lowest BCUT2D eigenvalue weighted by Gasteiger charge is -2.36. The van der Waals surface area contributed by atoms with Crippen LogP contribution in [0.1, 0.15) is 32.1 Å². The summed E-state index contributed by atoms with van der Waals surface area (Å²) in [7, 11) is 0. The number of anilines is 1. The molecule has 1 amide bonds. The monoisotopic (exact) mass is 340 g/mol. The minimum absolute atomic E-state index is 0.170. The Balaban J connectivity index is 1.66. The van der Waals surface area contributed by atoms with Crippen molar-refractivity contribution in [1.82, 2.24) is 14.9 Å². The van der Waals surface area contributed by atoms with Crippen LogP contribution in [0.25, 0.3) is 0 Å². The highest BCUT2D eigenvalue weighted by Crippen LogP contribution is 2.24. The first-order valence-corrected chi connectivity index (χ1v) is 8.13. The highest BCUT2D eigenvalue weighted by molar-refractivity contribution is 5.93. The Hall–Kier alpha value is -2.96. The largest absolute Gasteiger partial charge is 0.476 e. The first kappa shape index (κ1) is 16.9. The molecule has 1 N–H and O–H groups in total. The molecule has 0 radical (unpaired) electrons. The molecule has 0 atom stereocenters. The third-order valence-electron chi connectivity index (χ3n) is 4.57. The van der Waals surface area contributed by atoms with E-state index in [-0.39, 0.29) is 17.3 Å². The van der Waals surface area contributed by atoms with Gasteiger partial charge in [0.15, 0.2) is 5.69 Å². The number of carbonyl (C=O) groups is 2. The summed E-state index contributed by atoms with van der Waals surface area (Å²) in [5, 5.41) is 8.84. The van der Waals surface area contributed by atoms with Crippen molar-refractivity contribution in [2.75, 3.05) is 31.1 Å². The van der Waals surface area contributed by atoms with Crippen LogP contribution in [0.5, 0.6) is 0 Å². The molecule has 2 heterocycles. The molecule has 3 rings (SSSR count). The normalized spacial score (nSPS) is 14.5. The minimum atomic E-state index is -1.16. The van der Waals surface area contributed by atoms with E-state index >= 15 is 0 Å². The highest BCUT2D eigenvalue weighted by atomic mass is 16.4. The van der Waals surface area contributed by atoms with E-state index in [1.165, 1.54) is 23.0 Å². The predicted molar refractivity (Wildman–Crippen MR) is 93.0 cm³/mol. The molecule has 1 aliphatic rings. The van der Waals surface area contributed by atoms with E-state index in [0.29, 0.717) is 13.1 Å². The van der Waals surface area contributed by atoms with Crippen LogP contribution in [0.4, 0.5) is 5.69 Å². The number of carboxylic acids is 1. The van der Waals surface area contributed by atoms with Gasteiger partial charge in [0.2, 0.25) is 0 Å². The van der Waals surface area contributed by atoms with Crippen LogP contribution in [-0.4, -0.2) is 58.0 Å². The molecule has 1 fully saturated rings. The number of aromatic carboxylic acids is 1. The standard InChI is InChI=1S/C18H20N4O3/c1-12-4-3-5-16(13(12)2)21-6-8-22(9-7-21)17(23)14-10-20-15(11-19-14)18(24)25/h3-5,10-11H,6-9H2,1-2H3,(H,24,25). The molecule has 130 valence electrons. The van der Waals surface area contributed by atoms with Crippen molar-refractivity contribution in [3.63, 3.8) is 0 Å². The van der Waals surface area contributed by atoms with Gasteiger partial charge in [0.1, 0.15) is 5.69 Å². The van der Waals surface area contributed by atoms with Crippen molar-refractivity contribution < 1.29 is 14.7 Å². The first-order chi connectivity index (χ1) is 12.0.